The maximum atomic E-state index is 12.6. The Labute approximate surface area is 180 Å². The Hall–Kier alpha value is -2.34. The van der Waals surface area contributed by atoms with Gasteiger partial charge in [0, 0.05) is 22.1 Å². The molecule has 0 aliphatic carbocycles. The van der Waals surface area contributed by atoms with Crippen molar-refractivity contribution in [3.63, 3.8) is 0 Å². The zero-order chi connectivity index (χ0) is 21.0. The fraction of sp³-hybridized carbons (Fsp3) is 0.391. The highest BCUT2D eigenvalue weighted by molar-refractivity contribution is 9.10. The maximum Gasteiger partial charge on any atom is 0.410 e. The van der Waals surface area contributed by atoms with Crippen molar-refractivity contribution in [2.24, 2.45) is 0 Å². The third-order valence-corrected chi connectivity index (χ3v) is 5.20. The summed E-state index contributed by atoms with van der Waals surface area (Å²) in [6.45, 7) is 6.68. The molecule has 1 fully saturated rings. The second kappa shape index (κ2) is 8.99. The molecule has 0 bridgehead atoms. The summed E-state index contributed by atoms with van der Waals surface area (Å²) < 4.78 is 12.3. The van der Waals surface area contributed by atoms with Crippen molar-refractivity contribution in [2.45, 2.75) is 45.3 Å². The summed E-state index contributed by atoms with van der Waals surface area (Å²) in [5.41, 5.74) is 0.735. The highest BCUT2D eigenvalue weighted by Crippen LogP contribution is 2.23. The molecule has 6 heteroatoms. The summed E-state index contributed by atoms with van der Waals surface area (Å²) in [6, 6.07) is 14.4. The van der Waals surface area contributed by atoms with Gasteiger partial charge in [-0.2, -0.15) is 0 Å². The van der Waals surface area contributed by atoms with Crippen molar-refractivity contribution in [1.29, 1.82) is 0 Å². The van der Waals surface area contributed by atoms with Crippen LogP contribution in [0.2, 0.25) is 0 Å². The van der Waals surface area contributed by atoms with E-state index < -0.39 is 5.60 Å². The third-order valence-electron chi connectivity index (χ3n) is 4.67. The van der Waals surface area contributed by atoms with Crippen LogP contribution in [0.3, 0.4) is 0 Å². The molecule has 154 valence electrons. The number of benzene rings is 2. The summed E-state index contributed by atoms with van der Waals surface area (Å²) in [4.78, 5) is 26.7. The molecule has 1 unspecified atom stereocenters. The molecule has 2 aromatic rings. The summed E-state index contributed by atoms with van der Waals surface area (Å²) >= 11 is 3.37. The Bertz CT molecular complexity index is 856. The maximum absolute atomic E-state index is 12.6. The van der Waals surface area contributed by atoms with Gasteiger partial charge in [0.25, 0.3) is 0 Å². The summed E-state index contributed by atoms with van der Waals surface area (Å²) in [7, 11) is 0. The van der Waals surface area contributed by atoms with Crippen molar-refractivity contribution in [3.8, 4) is 5.75 Å². The number of hydrogen-bond acceptors (Lipinski definition) is 4. The smallest absolute Gasteiger partial charge is 0.410 e. The van der Waals surface area contributed by atoms with Gasteiger partial charge in [-0.1, -0.05) is 15.9 Å². The molecule has 0 saturated carbocycles. The number of carbonyl (C=O) groups is 2. The fourth-order valence-electron chi connectivity index (χ4n) is 3.23. The minimum atomic E-state index is -0.512. The van der Waals surface area contributed by atoms with Gasteiger partial charge in [0.05, 0.1) is 6.04 Å². The van der Waals surface area contributed by atoms with Gasteiger partial charge >= 0.3 is 6.09 Å². The number of likely N-dealkylation sites (tertiary alicyclic amines) is 1. The van der Waals surface area contributed by atoms with Crippen molar-refractivity contribution in [3.05, 3.63) is 64.1 Å². The quantitative estimate of drug-likeness (QED) is 0.557. The average Bonchev–Trinajstić information content (AvgIpc) is 3.14. The van der Waals surface area contributed by atoms with Crippen molar-refractivity contribution >= 4 is 27.8 Å². The highest BCUT2D eigenvalue weighted by Gasteiger charge is 2.32. The van der Waals surface area contributed by atoms with Gasteiger partial charge < -0.3 is 14.4 Å². The first kappa shape index (κ1) is 21.4. The summed E-state index contributed by atoms with van der Waals surface area (Å²) in [5.74, 6) is 0.643. The first-order valence-corrected chi connectivity index (χ1v) is 10.5. The monoisotopic (exact) mass is 459 g/mol. The zero-order valence-electron chi connectivity index (χ0n) is 17.0. The van der Waals surface area contributed by atoms with E-state index >= 15 is 0 Å². The number of carbonyl (C=O) groups excluding carboxylic acids is 2. The third kappa shape index (κ3) is 5.82. The van der Waals surface area contributed by atoms with E-state index in [1.165, 1.54) is 0 Å². The van der Waals surface area contributed by atoms with Gasteiger partial charge in [-0.05, 0) is 82.1 Å². The predicted octanol–water partition coefficient (Wildman–Crippen LogP) is 5.46. The first-order chi connectivity index (χ1) is 13.7. The van der Waals surface area contributed by atoms with Gasteiger partial charge in [-0.3, -0.25) is 4.79 Å². The molecule has 0 spiro atoms. The minimum Gasteiger partial charge on any atom is -0.491 e. The molecule has 5 nitrogen and oxygen atoms in total. The molecule has 2 aromatic carbocycles. The van der Waals surface area contributed by atoms with Crippen LogP contribution in [0.4, 0.5) is 4.79 Å². The normalized spacial score (nSPS) is 16.6. The lowest BCUT2D eigenvalue weighted by atomic mass is 10.0. The first-order valence-electron chi connectivity index (χ1n) is 9.76. The molecule has 0 N–H and O–H groups in total. The molecular weight excluding hydrogens is 434 g/mol. The SMILES string of the molecule is CC(C)(C)OC(=O)N1CCCC1COc1ccc(C(=O)c2ccc(Br)cc2)cc1. The Morgan fingerprint density at radius 3 is 2.21 bits per heavy atom. The number of rotatable bonds is 5. The van der Waals surface area contributed by atoms with E-state index in [4.69, 9.17) is 9.47 Å². The number of amides is 1. The number of ketones is 1. The van der Waals surface area contributed by atoms with Crippen molar-refractivity contribution < 1.29 is 19.1 Å². The van der Waals surface area contributed by atoms with Crippen LogP contribution in [-0.2, 0) is 4.74 Å². The molecule has 1 aliphatic rings. The topological polar surface area (TPSA) is 55.8 Å². The van der Waals surface area contributed by atoms with E-state index in [0.29, 0.717) is 30.0 Å². The summed E-state index contributed by atoms with van der Waals surface area (Å²) in [6.07, 6.45) is 1.53. The van der Waals surface area contributed by atoms with Crippen molar-refractivity contribution in [1.82, 2.24) is 4.90 Å². The van der Waals surface area contributed by atoms with E-state index in [1.807, 2.05) is 32.9 Å². The molecule has 3 rings (SSSR count). The molecule has 1 aliphatic heterocycles. The number of halogens is 1. The van der Waals surface area contributed by atoms with Gasteiger partial charge in [0.1, 0.15) is 18.0 Å². The second-order valence-electron chi connectivity index (χ2n) is 8.14. The number of nitrogens with zero attached hydrogens (tertiary/aromatic N) is 1. The lowest BCUT2D eigenvalue weighted by Crippen LogP contribution is -2.42. The zero-order valence-corrected chi connectivity index (χ0v) is 18.6. The molecular formula is C23H26BrNO4. The largest absolute Gasteiger partial charge is 0.491 e. The van der Waals surface area contributed by atoms with Gasteiger partial charge in [0.15, 0.2) is 5.78 Å². The predicted molar refractivity (Wildman–Crippen MR) is 115 cm³/mol. The van der Waals surface area contributed by atoms with Crippen LogP contribution in [0.25, 0.3) is 0 Å². The van der Waals surface area contributed by atoms with E-state index in [9.17, 15) is 9.59 Å². The Kier molecular flexibility index (Phi) is 6.63. The molecule has 1 heterocycles. The lowest BCUT2D eigenvalue weighted by molar-refractivity contribution is 0.0187. The minimum absolute atomic E-state index is 0.00563. The van der Waals surface area contributed by atoms with E-state index in [0.717, 1.165) is 17.3 Å². The Morgan fingerprint density at radius 1 is 1.03 bits per heavy atom. The van der Waals surface area contributed by atoms with Gasteiger partial charge in [-0.15, -0.1) is 0 Å². The van der Waals surface area contributed by atoms with Crippen LogP contribution in [0.15, 0.2) is 53.0 Å². The van der Waals surface area contributed by atoms with Crippen LogP contribution < -0.4 is 4.74 Å². The molecule has 0 aromatic heterocycles. The Morgan fingerprint density at radius 2 is 1.62 bits per heavy atom. The molecule has 1 amide bonds. The fourth-order valence-corrected chi connectivity index (χ4v) is 3.50. The summed E-state index contributed by atoms with van der Waals surface area (Å²) in [5, 5.41) is 0. The molecule has 29 heavy (non-hydrogen) atoms. The van der Waals surface area contributed by atoms with Crippen LogP contribution in [0.5, 0.6) is 5.75 Å². The van der Waals surface area contributed by atoms with Crippen LogP contribution in [-0.4, -0.2) is 41.6 Å². The number of ether oxygens (including phenoxy) is 2. The van der Waals surface area contributed by atoms with Crippen LogP contribution in [0, 0.1) is 0 Å². The molecule has 1 atom stereocenters. The second-order valence-corrected chi connectivity index (χ2v) is 9.06. The van der Waals surface area contributed by atoms with Gasteiger partial charge in [-0.25, -0.2) is 4.79 Å². The van der Waals surface area contributed by atoms with Gasteiger partial charge in [0.2, 0.25) is 0 Å². The standard InChI is InChI=1S/C23H26BrNO4/c1-23(2,3)29-22(27)25-14-4-5-19(25)15-28-20-12-8-17(9-13-20)21(26)16-6-10-18(24)11-7-16/h6-13,19H,4-5,14-15H2,1-3H3. The Balaban J connectivity index is 1.58. The van der Waals surface area contributed by atoms with Crippen molar-refractivity contribution in [2.75, 3.05) is 13.2 Å². The number of hydrogen-bond donors (Lipinski definition) is 0. The van der Waals surface area contributed by atoms with Crippen LogP contribution in [0.1, 0.15) is 49.5 Å². The average molecular weight is 460 g/mol. The van der Waals surface area contributed by atoms with E-state index in [2.05, 4.69) is 15.9 Å². The molecule has 0 radical (unpaired) electrons. The molecule has 1 saturated heterocycles. The van der Waals surface area contributed by atoms with E-state index in [-0.39, 0.29) is 17.9 Å². The lowest BCUT2D eigenvalue weighted by Gasteiger charge is -2.28. The van der Waals surface area contributed by atoms with E-state index in [1.54, 1.807) is 41.3 Å². The highest BCUT2D eigenvalue weighted by atomic mass is 79.9. The van der Waals surface area contributed by atoms with Crippen LogP contribution >= 0.6 is 15.9 Å².